The van der Waals surface area contributed by atoms with Crippen molar-refractivity contribution in [3.8, 4) is 5.75 Å². The number of benzene rings is 1. The van der Waals surface area contributed by atoms with Crippen molar-refractivity contribution in [1.82, 2.24) is 5.32 Å². The summed E-state index contributed by atoms with van der Waals surface area (Å²) in [6.45, 7) is 3.99. The molecule has 6 heteroatoms. The molecule has 0 spiro atoms. The van der Waals surface area contributed by atoms with Gasteiger partial charge in [0.05, 0.1) is 26.7 Å². The van der Waals surface area contributed by atoms with E-state index in [4.69, 9.17) is 4.74 Å². The highest BCUT2D eigenvalue weighted by molar-refractivity contribution is 5.78. The second-order valence-corrected chi connectivity index (χ2v) is 4.71. The number of methoxy groups -OCH3 is 1. The number of amides is 1. The van der Waals surface area contributed by atoms with E-state index in [1.54, 1.807) is 0 Å². The molecule has 1 amide bonds. The maximum atomic E-state index is 11.5. The Hall–Kier alpha value is -2.08. The van der Waals surface area contributed by atoms with Crippen molar-refractivity contribution in [2.45, 2.75) is 26.4 Å². The number of esters is 1. The van der Waals surface area contributed by atoms with Crippen molar-refractivity contribution in [1.29, 1.82) is 0 Å². The molecule has 0 aliphatic carbocycles. The van der Waals surface area contributed by atoms with Gasteiger partial charge in [-0.15, -0.1) is 0 Å². The van der Waals surface area contributed by atoms with Crippen LogP contribution in [0.1, 0.15) is 17.5 Å². The third-order valence-electron chi connectivity index (χ3n) is 2.88. The Balaban J connectivity index is 2.29. The fourth-order valence-corrected chi connectivity index (χ4v) is 1.73. The molecular weight excluding hydrogens is 274 g/mol. The standard InChI is InChI=1S/C15H21NO5/c1-10-4-5-13(11(2)8-10)21-7-6-14(18)16-9-12(17)15(19)20-3/h4-5,8,12,17H,6-7,9H2,1-3H3,(H,16,18). The normalized spacial score (nSPS) is 11.6. The molecule has 1 aromatic rings. The van der Waals surface area contributed by atoms with Crippen molar-refractivity contribution >= 4 is 11.9 Å². The molecule has 1 rings (SSSR count). The van der Waals surface area contributed by atoms with Crippen LogP contribution in [-0.2, 0) is 14.3 Å². The zero-order chi connectivity index (χ0) is 15.8. The van der Waals surface area contributed by atoms with E-state index in [-0.39, 0.29) is 25.5 Å². The van der Waals surface area contributed by atoms with E-state index in [0.29, 0.717) is 0 Å². The first-order chi connectivity index (χ1) is 9.93. The molecule has 0 aromatic heterocycles. The summed E-state index contributed by atoms with van der Waals surface area (Å²) in [4.78, 5) is 22.5. The van der Waals surface area contributed by atoms with E-state index in [1.165, 1.54) is 7.11 Å². The Morgan fingerprint density at radius 3 is 2.67 bits per heavy atom. The van der Waals surface area contributed by atoms with Gasteiger partial charge in [-0.1, -0.05) is 17.7 Å². The van der Waals surface area contributed by atoms with Gasteiger partial charge in [0.2, 0.25) is 5.91 Å². The minimum absolute atomic E-state index is 0.140. The molecule has 0 fully saturated rings. The van der Waals surface area contributed by atoms with Crippen LogP contribution in [0.15, 0.2) is 18.2 Å². The van der Waals surface area contributed by atoms with E-state index in [1.807, 2.05) is 32.0 Å². The largest absolute Gasteiger partial charge is 0.493 e. The van der Waals surface area contributed by atoms with E-state index in [0.717, 1.165) is 16.9 Å². The van der Waals surface area contributed by atoms with Gasteiger partial charge in [0.25, 0.3) is 0 Å². The fraction of sp³-hybridized carbons (Fsp3) is 0.467. The molecule has 21 heavy (non-hydrogen) atoms. The minimum atomic E-state index is -1.35. The van der Waals surface area contributed by atoms with Crippen molar-refractivity contribution in [3.63, 3.8) is 0 Å². The summed E-state index contributed by atoms with van der Waals surface area (Å²) in [5, 5.41) is 11.7. The summed E-state index contributed by atoms with van der Waals surface area (Å²) >= 11 is 0. The highest BCUT2D eigenvalue weighted by Gasteiger charge is 2.16. The van der Waals surface area contributed by atoms with Crippen molar-refractivity contribution < 1.29 is 24.2 Å². The summed E-state index contributed by atoms with van der Waals surface area (Å²) in [6.07, 6.45) is -1.21. The van der Waals surface area contributed by atoms with Crippen molar-refractivity contribution in [2.24, 2.45) is 0 Å². The Kier molecular flexibility index (Phi) is 6.68. The molecule has 6 nitrogen and oxygen atoms in total. The van der Waals surface area contributed by atoms with E-state index in [9.17, 15) is 14.7 Å². The van der Waals surface area contributed by atoms with Gasteiger partial charge in [-0.3, -0.25) is 4.79 Å². The molecule has 0 bridgehead atoms. The van der Waals surface area contributed by atoms with Gasteiger partial charge in [-0.2, -0.15) is 0 Å². The quantitative estimate of drug-likeness (QED) is 0.724. The fourth-order valence-electron chi connectivity index (χ4n) is 1.73. The molecule has 1 atom stereocenters. The van der Waals surface area contributed by atoms with Crippen molar-refractivity contribution in [2.75, 3.05) is 20.3 Å². The summed E-state index contributed by atoms with van der Waals surface area (Å²) in [5.41, 5.74) is 2.16. The number of rotatable bonds is 7. The van der Waals surface area contributed by atoms with Gasteiger partial charge in [0.15, 0.2) is 6.10 Å². The lowest BCUT2D eigenvalue weighted by molar-refractivity contribution is -0.150. The highest BCUT2D eigenvalue weighted by Crippen LogP contribution is 2.18. The predicted molar refractivity (Wildman–Crippen MR) is 77.1 cm³/mol. The second-order valence-electron chi connectivity index (χ2n) is 4.71. The average molecular weight is 295 g/mol. The maximum absolute atomic E-state index is 11.5. The van der Waals surface area contributed by atoms with Crippen LogP contribution in [-0.4, -0.2) is 43.3 Å². The maximum Gasteiger partial charge on any atom is 0.336 e. The van der Waals surface area contributed by atoms with E-state index < -0.39 is 12.1 Å². The van der Waals surface area contributed by atoms with Gasteiger partial charge in [-0.25, -0.2) is 4.79 Å². The number of aliphatic hydroxyl groups excluding tert-OH is 1. The molecule has 1 aromatic carbocycles. The molecule has 0 radical (unpaired) electrons. The van der Waals surface area contributed by atoms with Gasteiger partial charge in [-0.05, 0) is 25.5 Å². The monoisotopic (exact) mass is 295 g/mol. The van der Waals surface area contributed by atoms with Crippen LogP contribution in [0.25, 0.3) is 0 Å². The highest BCUT2D eigenvalue weighted by atomic mass is 16.5. The topological polar surface area (TPSA) is 84.9 Å². The third kappa shape index (κ3) is 5.83. The molecular formula is C15H21NO5. The van der Waals surface area contributed by atoms with Crippen LogP contribution >= 0.6 is 0 Å². The second kappa shape index (κ2) is 8.26. The number of hydrogen-bond acceptors (Lipinski definition) is 5. The van der Waals surface area contributed by atoms with Gasteiger partial charge < -0.3 is 19.9 Å². The van der Waals surface area contributed by atoms with Crippen LogP contribution in [0.3, 0.4) is 0 Å². The summed E-state index contributed by atoms with van der Waals surface area (Å²) in [5.74, 6) is -0.340. The molecule has 1 unspecified atom stereocenters. The van der Waals surface area contributed by atoms with Crippen LogP contribution in [0, 0.1) is 13.8 Å². The first-order valence-corrected chi connectivity index (χ1v) is 6.66. The van der Waals surface area contributed by atoms with Crippen LogP contribution in [0.4, 0.5) is 0 Å². The van der Waals surface area contributed by atoms with Gasteiger partial charge in [0.1, 0.15) is 5.75 Å². The molecule has 0 saturated heterocycles. The first kappa shape index (κ1) is 17.0. The smallest absolute Gasteiger partial charge is 0.336 e. The summed E-state index contributed by atoms with van der Waals surface area (Å²) in [7, 11) is 1.17. The number of carbonyl (C=O) groups is 2. The van der Waals surface area contributed by atoms with E-state index >= 15 is 0 Å². The Labute approximate surface area is 124 Å². The minimum Gasteiger partial charge on any atom is -0.493 e. The Bertz CT molecular complexity index is 501. The van der Waals surface area contributed by atoms with E-state index in [2.05, 4.69) is 10.1 Å². The number of hydrogen-bond donors (Lipinski definition) is 2. The predicted octanol–water partition coefficient (Wildman–Crippen LogP) is 0.722. The molecule has 0 aliphatic rings. The van der Waals surface area contributed by atoms with Crippen LogP contribution < -0.4 is 10.1 Å². The lowest BCUT2D eigenvalue weighted by atomic mass is 10.1. The van der Waals surface area contributed by atoms with Gasteiger partial charge in [0, 0.05) is 0 Å². The Morgan fingerprint density at radius 2 is 2.05 bits per heavy atom. The number of aliphatic hydroxyl groups is 1. The molecule has 0 aliphatic heterocycles. The van der Waals surface area contributed by atoms with Crippen molar-refractivity contribution in [3.05, 3.63) is 29.3 Å². The zero-order valence-electron chi connectivity index (χ0n) is 12.5. The molecule has 0 heterocycles. The Morgan fingerprint density at radius 1 is 1.33 bits per heavy atom. The van der Waals surface area contributed by atoms with Crippen LogP contribution in [0.5, 0.6) is 5.75 Å². The lowest BCUT2D eigenvalue weighted by Gasteiger charge is -2.11. The number of carbonyl (C=O) groups excluding carboxylic acids is 2. The van der Waals surface area contributed by atoms with Crippen LogP contribution in [0.2, 0.25) is 0 Å². The summed E-state index contributed by atoms with van der Waals surface area (Å²) < 4.78 is 9.86. The number of nitrogens with one attached hydrogen (secondary N) is 1. The number of ether oxygens (including phenoxy) is 2. The molecule has 0 saturated carbocycles. The lowest BCUT2D eigenvalue weighted by Crippen LogP contribution is -2.37. The number of aryl methyl sites for hydroxylation is 2. The summed E-state index contributed by atoms with van der Waals surface area (Å²) in [6, 6.07) is 5.81. The zero-order valence-corrected chi connectivity index (χ0v) is 12.5. The average Bonchev–Trinajstić information content (AvgIpc) is 2.46. The van der Waals surface area contributed by atoms with Gasteiger partial charge >= 0.3 is 5.97 Å². The molecule has 2 N–H and O–H groups in total. The first-order valence-electron chi connectivity index (χ1n) is 6.66. The third-order valence-corrected chi connectivity index (χ3v) is 2.88. The molecule has 116 valence electrons. The SMILES string of the molecule is COC(=O)C(O)CNC(=O)CCOc1ccc(C)cc1C.